The summed E-state index contributed by atoms with van der Waals surface area (Å²) in [4.78, 5) is 4.64. The highest BCUT2D eigenvalue weighted by atomic mass is 16.5. The van der Waals surface area contributed by atoms with Gasteiger partial charge in [0.15, 0.2) is 0 Å². The predicted molar refractivity (Wildman–Crippen MR) is 111 cm³/mol. The Balaban J connectivity index is 1.35. The monoisotopic (exact) mass is 354 g/mol. The van der Waals surface area contributed by atoms with E-state index in [1.807, 2.05) is 48.5 Å². The van der Waals surface area contributed by atoms with Crippen LogP contribution in [0.1, 0.15) is 16.8 Å². The molecule has 1 aromatic heterocycles. The first-order chi connectivity index (χ1) is 13.3. The van der Waals surface area contributed by atoms with E-state index in [-0.39, 0.29) is 0 Å². The average molecular weight is 354 g/mol. The first-order valence-corrected chi connectivity index (χ1v) is 9.14. The van der Waals surface area contributed by atoms with Gasteiger partial charge in [0.25, 0.3) is 0 Å². The van der Waals surface area contributed by atoms with Gasteiger partial charge in [-0.2, -0.15) is 0 Å². The lowest BCUT2D eigenvalue weighted by Gasteiger charge is -2.10. The second-order valence-electron chi connectivity index (χ2n) is 6.59. The highest BCUT2D eigenvalue weighted by Gasteiger charge is 2.01. The summed E-state index contributed by atoms with van der Waals surface area (Å²) in [6.07, 6.45) is 0. The minimum atomic E-state index is 0.459. The molecule has 134 valence electrons. The third kappa shape index (κ3) is 4.26. The molecular formula is C24H22N2O. The van der Waals surface area contributed by atoms with E-state index in [1.165, 1.54) is 11.1 Å². The predicted octanol–water partition coefficient (Wildman–Crippen LogP) is 5.73. The molecule has 0 unspecified atom stereocenters. The van der Waals surface area contributed by atoms with Crippen LogP contribution in [0.2, 0.25) is 0 Å². The van der Waals surface area contributed by atoms with Crippen molar-refractivity contribution >= 4 is 16.6 Å². The lowest BCUT2D eigenvalue weighted by molar-refractivity contribution is 0.302. The molecule has 0 aliphatic rings. The standard InChI is InChI=1S/C24H22N2O/c1-18-6-2-3-8-20(18)16-25-21-12-14-23(15-13-21)27-17-22-11-10-19-7-4-5-9-24(19)26-22/h2-15,25H,16-17H2,1H3. The highest BCUT2D eigenvalue weighted by Crippen LogP contribution is 2.19. The molecule has 4 rings (SSSR count). The molecule has 0 spiro atoms. The van der Waals surface area contributed by atoms with E-state index in [4.69, 9.17) is 4.74 Å². The van der Waals surface area contributed by atoms with Gasteiger partial charge in [0.2, 0.25) is 0 Å². The number of anilines is 1. The number of rotatable bonds is 6. The molecule has 0 aliphatic carbocycles. The Labute approximate surface area is 159 Å². The number of aromatic nitrogens is 1. The van der Waals surface area contributed by atoms with Gasteiger partial charge in [-0.3, -0.25) is 0 Å². The van der Waals surface area contributed by atoms with E-state index in [0.717, 1.165) is 34.6 Å². The van der Waals surface area contributed by atoms with Crippen molar-refractivity contribution in [1.29, 1.82) is 0 Å². The maximum absolute atomic E-state index is 5.89. The zero-order chi connectivity index (χ0) is 18.5. The molecule has 27 heavy (non-hydrogen) atoms. The SMILES string of the molecule is Cc1ccccc1CNc1ccc(OCc2ccc3ccccc3n2)cc1. The summed E-state index contributed by atoms with van der Waals surface area (Å²) in [5.41, 5.74) is 5.60. The number of hydrogen-bond acceptors (Lipinski definition) is 3. The topological polar surface area (TPSA) is 34.1 Å². The van der Waals surface area contributed by atoms with Gasteiger partial charge in [0.05, 0.1) is 11.2 Å². The number of benzene rings is 3. The molecule has 3 aromatic carbocycles. The largest absolute Gasteiger partial charge is 0.487 e. The van der Waals surface area contributed by atoms with Crippen molar-refractivity contribution in [1.82, 2.24) is 4.98 Å². The molecule has 0 saturated heterocycles. The Morgan fingerprint density at radius 1 is 0.815 bits per heavy atom. The third-order valence-corrected chi connectivity index (χ3v) is 4.64. The van der Waals surface area contributed by atoms with E-state index in [0.29, 0.717) is 6.61 Å². The third-order valence-electron chi connectivity index (χ3n) is 4.64. The van der Waals surface area contributed by atoms with Crippen molar-refractivity contribution in [3.8, 4) is 5.75 Å². The molecule has 0 amide bonds. The van der Waals surface area contributed by atoms with Crippen LogP contribution in [0.5, 0.6) is 5.75 Å². The first-order valence-electron chi connectivity index (χ1n) is 9.14. The van der Waals surface area contributed by atoms with E-state index < -0.39 is 0 Å². The van der Waals surface area contributed by atoms with Crippen molar-refractivity contribution in [2.24, 2.45) is 0 Å². The van der Waals surface area contributed by atoms with Gasteiger partial charge in [0, 0.05) is 17.6 Å². The fourth-order valence-electron chi connectivity index (χ4n) is 3.02. The number of fused-ring (bicyclic) bond motifs is 1. The lowest BCUT2D eigenvalue weighted by Crippen LogP contribution is -2.01. The molecule has 1 heterocycles. The molecule has 0 radical (unpaired) electrons. The number of hydrogen-bond donors (Lipinski definition) is 1. The Bertz CT molecular complexity index is 1040. The molecule has 0 aliphatic heterocycles. The van der Waals surface area contributed by atoms with Crippen LogP contribution in [0.3, 0.4) is 0 Å². The maximum Gasteiger partial charge on any atom is 0.130 e. The van der Waals surface area contributed by atoms with Crippen molar-refractivity contribution < 1.29 is 4.74 Å². The van der Waals surface area contributed by atoms with Crippen LogP contribution in [0.4, 0.5) is 5.69 Å². The van der Waals surface area contributed by atoms with Gasteiger partial charge in [-0.15, -0.1) is 0 Å². The van der Waals surface area contributed by atoms with Crippen LogP contribution in [0.15, 0.2) is 84.9 Å². The van der Waals surface area contributed by atoms with E-state index >= 15 is 0 Å². The Morgan fingerprint density at radius 3 is 2.44 bits per heavy atom. The number of nitrogens with zero attached hydrogens (tertiary/aromatic N) is 1. The molecule has 3 heteroatoms. The Morgan fingerprint density at radius 2 is 1.59 bits per heavy atom. The molecule has 0 saturated carbocycles. The summed E-state index contributed by atoms with van der Waals surface area (Å²) in [7, 11) is 0. The summed E-state index contributed by atoms with van der Waals surface area (Å²) in [6, 6.07) is 28.7. The maximum atomic E-state index is 5.89. The van der Waals surface area contributed by atoms with Crippen molar-refractivity contribution in [2.75, 3.05) is 5.32 Å². The first kappa shape index (κ1) is 17.1. The highest BCUT2D eigenvalue weighted by molar-refractivity contribution is 5.78. The number of nitrogens with one attached hydrogen (secondary N) is 1. The quantitative estimate of drug-likeness (QED) is 0.480. The zero-order valence-corrected chi connectivity index (χ0v) is 15.4. The molecule has 0 fully saturated rings. The van der Waals surface area contributed by atoms with Gasteiger partial charge in [-0.1, -0.05) is 48.5 Å². The molecule has 0 bridgehead atoms. The Kier molecular flexibility index (Phi) is 5.01. The number of ether oxygens (including phenoxy) is 1. The fourth-order valence-corrected chi connectivity index (χ4v) is 3.02. The second-order valence-corrected chi connectivity index (χ2v) is 6.59. The van der Waals surface area contributed by atoms with Crippen molar-refractivity contribution in [3.05, 3.63) is 102 Å². The van der Waals surface area contributed by atoms with Gasteiger partial charge in [-0.25, -0.2) is 4.98 Å². The molecule has 1 N–H and O–H groups in total. The van der Waals surface area contributed by atoms with Crippen LogP contribution in [-0.4, -0.2) is 4.98 Å². The minimum Gasteiger partial charge on any atom is -0.487 e. The minimum absolute atomic E-state index is 0.459. The van der Waals surface area contributed by atoms with Gasteiger partial charge in [0.1, 0.15) is 12.4 Å². The van der Waals surface area contributed by atoms with Crippen LogP contribution >= 0.6 is 0 Å². The molecular weight excluding hydrogens is 332 g/mol. The van der Waals surface area contributed by atoms with Crippen LogP contribution < -0.4 is 10.1 Å². The van der Waals surface area contributed by atoms with Gasteiger partial charge < -0.3 is 10.1 Å². The summed E-state index contributed by atoms with van der Waals surface area (Å²) >= 11 is 0. The van der Waals surface area contributed by atoms with Crippen molar-refractivity contribution in [2.45, 2.75) is 20.1 Å². The zero-order valence-electron chi connectivity index (χ0n) is 15.4. The van der Waals surface area contributed by atoms with Gasteiger partial charge in [-0.05, 0) is 54.4 Å². The summed E-state index contributed by atoms with van der Waals surface area (Å²) in [5, 5.41) is 4.60. The lowest BCUT2D eigenvalue weighted by atomic mass is 10.1. The van der Waals surface area contributed by atoms with Crippen LogP contribution in [-0.2, 0) is 13.2 Å². The van der Waals surface area contributed by atoms with Crippen LogP contribution in [0, 0.1) is 6.92 Å². The van der Waals surface area contributed by atoms with Crippen molar-refractivity contribution in [3.63, 3.8) is 0 Å². The molecule has 3 nitrogen and oxygen atoms in total. The summed E-state index contributed by atoms with van der Waals surface area (Å²) < 4.78 is 5.89. The smallest absolute Gasteiger partial charge is 0.130 e. The average Bonchev–Trinajstić information content (AvgIpc) is 2.72. The normalized spacial score (nSPS) is 10.7. The van der Waals surface area contributed by atoms with E-state index in [2.05, 4.69) is 53.6 Å². The van der Waals surface area contributed by atoms with Gasteiger partial charge >= 0.3 is 0 Å². The number of para-hydroxylation sites is 1. The molecule has 0 atom stereocenters. The number of aryl methyl sites for hydroxylation is 1. The summed E-state index contributed by atoms with van der Waals surface area (Å²) in [6.45, 7) is 3.41. The molecule has 4 aromatic rings. The Hall–Kier alpha value is -3.33. The second kappa shape index (κ2) is 7.92. The van der Waals surface area contributed by atoms with E-state index in [9.17, 15) is 0 Å². The summed E-state index contributed by atoms with van der Waals surface area (Å²) in [5.74, 6) is 0.839. The van der Waals surface area contributed by atoms with E-state index in [1.54, 1.807) is 0 Å². The van der Waals surface area contributed by atoms with Crippen LogP contribution in [0.25, 0.3) is 10.9 Å². The fraction of sp³-hybridized carbons (Fsp3) is 0.125. The number of pyridine rings is 1.